The number of rotatable bonds is 4. The fraction of sp³-hybridized carbons (Fsp3) is 0.167. The lowest BCUT2D eigenvalue weighted by molar-refractivity contribution is -0.137. The molecule has 2 aromatic rings. The number of halogens is 3. The summed E-state index contributed by atoms with van der Waals surface area (Å²) in [5, 5.41) is 0. The molecule has 0 heterocycles. The van der Waals surface area contributed by atoms with E-state index in [2.05, 4.69) is 15.6 Å². The molecule has 0 radical (unpaired) electrons. The van der Waals surface area contributed by atoms with Gasteiger partial charge in [-0.3, -0.25) is 20.4 Å². The Kier molecular flexibility index (Phi) is 6.17. The molecule has 0 aromatic heterocycles. The number of methoxy groups -OCH3 is 1. The van der Waals surface area contributed by atoms with E-state index < -0.39 is 29.5 Å². The van der Waals surface area contributed by atoms with Crippen molar-refractivity contribution in [3.05, 3.63) is 70.8 Å². The van der Waals surface area contributed by atoms with Crippen molar-refractivity contribution in [1.29, 1.82) is 0 Å². The van der Waals surface area contributed by atoms with Crippen LogP contribution in [0, 0.1) is 0 Å². The molecule has 9 heteroatoms. The second kappa shape index (κ2) is 8.35. The first-order valence-corrected chi connectivity index (χ1v) is 7.64. The molecule has 0 atom stereocenters. The van der Waals surface area contributed by atoms with Gasteiger partial charge in [0, 0.05) is 5.56 Å². The molecule has 6 nitrogen and oxygen atoms in total. The van der Waals surface area contributed by atoms with Crippen molar-refractivity contribution < 1.29 is 32.3 Å². The minimum atomic E-state index is -4.57. The van der Waals surface area contributed by atoms with Crippen LogP contribution in [0.3, 0.4) is 0 Å². The maximum absolute atomic E-state index is 12.7. The van der Waals surface area contributed by atoms with E-state index in [9.17, 15) is 27.6 Å². The number of esters is 1. The average molecular weight is 380 g/mol. The zero-order chi connectivity index (χ0) is 20.0. The molecule has 0 aliphatic rings. The van der Waals surface area contributed by atoms with Crippen LogP contribution in [0.15, 0.2) is 48.5 Å². The fourth-order valence-corrected chi connectivity index (χ4v) is 2.14. The van der Waals surface area contributed by atoms with Gasteiger partial charge in [-0.2, -0.15) is 13.2 Å². The van der Waals surface area contributed by atoms with Crippen LogP contribution in [0.5, 0.6) is 0 Å². The standard InChI is InChI=1S/C18H15F3N2O4/c1-27-17(26)12-7-5-11(6-8-12)9-15(24)22-23-16(25)13-3-2-4-14(10-13)18(19,20)21/h2-8,10H,9H2,1H3,(H,22,24)(H,23,25). The van der Waals surface area contributed by atoms with Gasteiger partial charge in [0.2, 0.25) is 5.91 Å². The Hall–Kier alpha value is -3.36. The minimum Gasteiger partial charge on any atom is -0.465 e. The molecule has 0 saturated carbocycles. The summed E-state index contributed by atoms with van der Waals surface area (Å²) in [6.45, 7) is 0. The molecule has 0 fully saturated rings. The van der Waals surface area contributed by atoms with E-state index in [1.165, 1.54) is 25.3 Å². The summed E-state index contributed by atoms with van der Waals surface area (Å²) in [5.74, 6) is -1.98. The van der Waals surface area contributed by atoms with Gasteiger partial charge in [-0.1, -0.05) is 18.2 Å². The van der Waals surface area contributed by atoms with Crippen molar-refractivity contribution in [2.45, 2.75) is 12.6 Å². The Bertz CT molecular complexity index is 848. The Labute approximate surface area is 152 Å². The second-order valence-corrected chi connectivity index (χ2v) is 5.45. The first-order valence-electron chi connectivity index (χ1n) is 7.64. The van der Waals surface area contributed by atoms with Crippen molar-refractivity contribution >= 4 is 17.8 Å². The second-order valence-electron chi connectivity index (χ2n) is 5.45. The molecular formula is C18H15F3N2O4. The lowest BCUT2D eigenvalue weighted by Crippen LogP contribution is -2.42. The van der Waals surface area contributed by atoms with Gasteiger partial charge in [-0.25, -0.2) is 4.79 Å². The number of ether oxygens (including phenoxy) is 1. The van der Waals surface area contributed by atoms with Gasteiger partial charge in [-0.15, -0.1) is 0 Å². The number of amides is 2. The summed E-state index contributed by atoms with van der Waals surface area (Å²) in [4.78, 5) is 35.1. The van der Waals surface area contributed by atoms with Crippen LogP contribution in [0.1, 0.15) is 31.8 Å². The minimum absolute atomic E-state index is 0.107. The predicted octanol–water partition coefficient (Wildman–Crippen LogP) is 2.50. The summed E-state index contributed by atoms with van der Waals surface area (Å²) < 4.78 is 42.5. The van der Waals surface area contributed by atoms with Crippen molar-refractivity contribution in [2.75, 3.05) is 7.11 Å². The highest BCUT2D eigenvalue weighted by Gasteiger charge is 2.30. The van der Waals surface area contributed by atoms with Crippen LogP contribution in [0.25, 0.3) is 0 Å². The molecule has 2 aromatic carbocycles. The number of carbonyl (C=O) groups excluding carboxylic acids is 3. The van der Waals surface area contributed by atoms with Crippen molar-refractivity contribution in [2.24, 2.45) is 0 Å². The summed E-state index contributed by atoms with van der Waals surface area (Å²) in [5.41, 5.74) is 3.86. The number of hydrogen-bond acceptors (Lipinski definition) is 4. The van der Waals surface area contributed by atoms with E-state index in [1.54, 1.807) is 12.1 Å². The molecule has 142 valence electrons. The number of alkyl halides is 3. The van der Waals surface area contributed by atoms with E-state index in [4.69, 9.17) is 0 Å². The molecule has 2 N–H and O–H groups in total. The van der Waals surface area contributed by atoms with Crippen LogP contribution in [0.4, 0.5) is 13.2 Å². The highest BCUT2D eigenvalue weighted by atomic mass is 19.4. The zero-order valence-electron chi connectivity index (χ0n) is 14.1. The third-order valence-electron chi connectivity index (χ3n) is 3.51. The molecule has 0 aliphatic heterocycles. The molecule has 0 spiro atoms. The third-order valence-corrected chi connectivity index (χ3v) is 3.51. The number of nitrogens with one attached hydrogen (secondary N) is 2. The SMILES string of the molecule is COC(=O)c1ccc(CC(=O)NNC(=O)c2cccc(C(F)(F)F)c2)cc1. The topological polar surface area (TPSA) is 84.5 Å². The zero-order valence-corrected chi connectivity index (χ0v) is 14.1. The van der Waals surface area contributed by atoms with E-state index in [0.717, 1.165) is 12.1 Å². The maximum atomic E-state index is 12.7. The Balaban J connectivity index is 1.92. The quantitative estimate of drug-likeness (QED) is 0.631. The normalized spacial score (nSPS) is 10.8. The average Bonchev–Trinajstić information content (AvgIpc) is 2.65. The monoisotopic (exact) mass is 380 g/mol. The van der Waals surface area contributed by atoms with Gasteiger partial charge >= 0.3 is 12.1 Å². The summed E-state index contributed by atoms with van der Waals surface area (Å²) in [6.07, 6.45) is -4.68. The number of hydrazine groups is 1. The van der Waals surface area contributed by atoms with E-state index in [-0.39, 0.29) is 12.0 Å². The molecule has 0 bridgehead atoms. The molecule has 2 rings (SSSR count). The third kappa shape index (κ3) is 5.56. The Morgan fingerprint density at radius 1 is 0.963 bits per heavy atom. The van der Waals surface area contributed by atoms with Gasteiger partial charge in [0.1, 0.15) is 0 Å². The van der Waals surface area contributed by atoms with E-state index >= 15 is 0 Å². The first-order chi connectivity index (χ1) is 12.7. The molecule has 27 heavy (non-hydrogen) atoms. The van der Waals surface area contributed by atoms with Crippen LogP contribution in [-0.4, -0.2) is 24.9 Å². The largest absolute Gasteiger partial charge is 0.465 e. The van der Waals surface area contributed by atoms with Crippen molar-refractivity contribution in [3.63, 3.8) is 0 Å². The lowest BCUT2D eigenvalue weighted by atomic mass is 10.1. The lowest BCUT2D eigenvalue weighted by Gasteiger charge is -2.10. The Morgan fingerprint density at radius 2 is 1.63 bits per heavy atom. The smallest absolute Gasteiger partial charge is 0.416 e. The van der Waals surface area contributed by atoms with Crippen LogP contribution < -0.4 is 10.9 Å². The van der Waals surface area contributed by atoms with E-state index in [0.29, 0.717) is 17.2 Å². The number of benzene rings is 2. The van der Waals surface area contributed by atoms with Crippen molar-refractivity contribution in [1.82, 2.24) is 10.9 Å². The van der Waals surface area contributed by atoms with Gasteiger partial charge in [0.05, 0.1) is 24.7 Å². The highest BCUT2D eigenvalue weighted by molar-refractivity contribution is 5.95. The van der Waals surface area contributed by atoms with Crippen LogP contribution in [0.2, 0.25) is 0 Å². The summed E-state index contributed by atoms with van der Waals surface area (Å²) in [7, 11) is 1.25. The molecule has 0 saturated heterocycles. The van der Waals surface area contributed by atoms with Crippen LogP contribution in [-0.2, 0) is 22.1 Å². The molecule has 2 amide bonds. The highest BCUT2D eigenvalue weighted by Crippen LogP contribution is 2.29. The molecule has 0 aliphatic carbocycles. The van der Waals surface area contributed by atoms with Crippen molar-refractivity contribution in [3.8, 4) is 0 Å². The Morgan fingerprint density at radius 3 is 2.22 bits per heavy atom. The summed E-state index contributed by atoms with van der Waals surface area (Å²) in [6, 6.07) is 9.87. The van der Waals surface area contributed by atoms with Gasteiger partial charge < -0.3 is 4.74 Å². The van der Waals surface area contributed by atoms with E-state index in [1.807, 2.05) is 0 Å². The summed E-state index contributed by atoms with van der Waals surface area (Å²) >= 11 is 0. The van der Waals surface area contributed by atoms with Crippen LogP contribution >= 0.6 is 0 Å². The molecule has 0 unspecified atom stereocenters. The first kappa shape index (κ1) is 20.0. The molecular weight excluding hydrogens is 365 g/mol. The predicted molar refractivity (Wildman–Crippen MR) is 88.5 cm³/mol. The number of hydrogen-bond donors (Lipinski definition) is 2. The maximum Gasteiger partial charge on any atom is 0.416 e. The number of carbonyl (C=O) groups is 3. The van der Waals surface area contributed by atoms with Gasteiger partial charge in [-0.05, 0) is 35.9 Å². The van der Waals surface area contributed by atoms with Gasteiger partial charge in [0.25, 0.3) is 5.91 Å². The fourth-order valence-electron chi connectivity index (χ4n) is 2.14. The van der Waals surface area contributed by atoms with Gasteiger partial charge in [0.15, 0.2) is 0 Å².